The molecular formula is C23H50O2. The van der Waals surface area contributed by atoms with Crippen LogP contribution in [0.4, 0.5) is 0 Å². The highest BCUT2D eigenvalue weighted by Gasteiger charge is 2.07. The van der Waals surface area contributed by atoms with Gasteiger partial charge in [-0.1, -0.05) is 111 Å². The average molecular weight is 359 g/mol. The van der Waals surface area contributed by atoms with Crippen LogP contribution in [-0.2, 0) is 0 Å². The van der Waals surface area contributed by atoms with Gasteiger partial charge in [0.05, 0.1) is 6.10 Å². The van der Waals surface area contributed by atoms with E-state index < -0.39 is 0 Å². The molecule has 0 spiro atoms. The van der Waals surface area contributed by atoms with Crippen molar-refractivity contribution in [1.29, 1.82) is 0 Å². The van der Waals surface area contributed by atoms with Gasteiger partial charge in [0.15, 0.2) is 0 Å². The Kier molecular flexibility index (Phi) is 23.8. The van der Waals surface area contributed by atoms with Gasteiger partial charge in [-0.3, -0.25) is 0 Å². The van der Waals surface area contributed by atoms with Crippen LogP contribution in [0.5, 0.6) is 0 Å². The molecule has 2 N–H and O–H groups in total. The summed E-state index contributed by atoms with van der Waals surface area (Å²) >= 11 is 0. The molecule has 0 aliphatic heterocycles. The van der Waals surface area contributed by atoms with Crippen molar-refractivity contribution in [3.05, 3.63) is 0 Å². The van der Waals surface area contributed by atoms with Crippen LogP contribution >= 0.6 is 0 Å². The Hall–Kier alpha value is -0.0800. The summed E-state index contributed by atoms with van der Waals surface area (Å²) in [7, 11) is 0. The quantitative estimate of drug-likeness (QED) is 0.285. The summed E-state index contributed by atoms with van der Waals surface area (Å²) in [4.78, 5) is 0. The molecule has 0 aromatic rings. The molecule has 0 bridgehead atoms. The van der Waals surface area contributed by atoms with E-state index in [0.29, 0.717) is 5.92 Å². The maximum absolute atomic E-state index is 9.72. The fourth-order valence-electron chi connectivity index (χ4n) is 2.88. The summed E-state index contributed by atoms with van der Waals surface area (Å²) in [6.07, 6.45) is 20.4. The average Bonchev–Trinajstić information content (AvgIpc) is 2.54. The van der Waals surface area contributed by atoms with Crippen molar-refractivity contribution in [2.75, 3.05) is 0 Å². The Morgan fingerprint density at radius 3 is 1.08 bits per heavy atom. The first-order valence-electron chi connectivity index (χ1n) is 11.3. The monoisotopic (exact) mass is 358 g/mol. The van der Waals surface area contributed by atoms with E-state index in [1.165, 1.54) is 89.9 Å². The highest BCUT2D eigenvalue weighted by atomic mass is 16.3. The van der Waals surface area contributed by atoms with Crippen molar-refractivity contribution in [3.8, 4) is 0 Å². The van der Waals surface area contributed by atoms with E-state index in [4.69, 9.17) is 5.11 Å². The van der Waals surface area contributed by atoms with Crippen molar-refractivity contribution >= 4 is 0 Å². The van der Waals surface area contributed by atoms with E-state index in [0.717, 1.165) is 6.42 Å². The van der Waals surface area contributed by atoms with E-state index in [2.05, 4.69) is 20.8 Å². The zero-order valence-electron chi connectivity index (χ0n) is 18.2. The zero-order chi connectivity index (χ0) is 19.3. The Morgan fingerprint density at radius 2 is 0.800 bits per heavy atom. The van der Waals surface area contributed by atoms with Crippen LogP contribution in [0.2, 0.25) is 0 Å². The lowest BCUT2D eigenvalue weighted by Gasteiger charge is -2.13. The van der Waals surface area contributed by atoms with Crippen molar-refractivity contribution in [2.24, 2.45) is 5.92 Å². The van der Waals surface area contributed by atoms with Crippen LogP contribution in [0.3, 0.4) is 0 Å². The lowest BCUT2D eigenvalue weighted by atomic mass is 10.00. The molecule has 0 fully saturated rings. The smallest absolute Gasteiger partial charge is 0.0563 e. The number of hydrogen-bond acceptors (Lipinski definition) is 2. The predicted octanol–water partition coefficient (Wildman–Crippen LogP) is 7.26. The van der Waals surface area contributed by atoms with Crippen molar-refractivity contribution < 1.29 is 10.2 Å². The lowest BCUT2D eigenvalue weighted by Crippen LogP contribution is -2.13. The fourth-order valence-corrected chi connectivity index (χ4v) is 2.88. The number of unbranched alkanes of at least 4 members (excludes halogenated alkanes) is 13. The van der Waals surface area contributed by atoms with Gasteiger partial charge in [-0.2, -0.15) is 0 Å². The van der Waals surface area contributed by atoms with Crippen LogP contribution in [0, 0.1) is 5.92 Å². The third-order valence-electron chi connectivity index (χ3n) is 4.62. The molecule has 0 aliphatic rings. The molecule has 0 heterocycles. The zero-order valence-corrected chi connectivity index (χ0v) is 18.2. The van der Waals surface area contributed by atoms with Gasteiger partial charge in [-0.15, -0.1) is 0 Å². The molecule has 0 aromatic carbocycles. The van der Waals surface area contributed by atoms with Crippen molar-refractivity contribution in [3.63, 3.8) is 0 Å². The highest BCUT2D eigenvalue weighted by Crippen LogP contribution is 2.15. The van der Waals surface area contributed by atoms with Gasteiger partial charge in [-0.25, -0.2) is 0 Å². The third-order valence-corrected chi connectivity index (χ3v) is 4.62. The summed E-state index contributed by atoms with van der Waals surface area (Å²) in [6.45, 7) is 9.94. The van der Waals surface area contributed by atoms with E-state index >= 15 is 0 Å². The summed E-state index contributed by atoms with van der Waals surface area (Å²) in [5.41, 5.74) is 0. The first-order chi connectivity index (χ1) is 11.9. The standard InChI is InChI=1S/C20H42O.C3H8O/c1-4-5-6-7-8-9-10-11-12-13-14-15-16-17-18-20(21)19(2)3;1-3(2)4/h19-21H,4-18H2,1-3H3;3-4H,1-2H3. The van der Waals surface area contributed by atoms with Gasteiger partial charge in [0.1, 0.15) is 0 Å². The minimum Gasteiger partial charge on any atom is -0.394 e. The summed E-state index contributed by atoms with van der Waals surface area (Å²) in [5, 5.41) is 17.8. The molecule has 0 rings (SSSR count). The number of aliphatic hydroxyl groups is 2. The predicted molar refractivity (Wildman–Crippen MR) is 113 cm³/mol. The Morgan fingerprint density at radius 1 is 0.520 bits per heavy atom. The topological polar surface area (TPSA) is 40.5 Å². The van der Waals surface area contributed by atoms with Gasteiger partial charge < -0.3 is 10.2 Å². The van der Waals surface area contributed by atoms with E-state index in [1.54, 1.807) is 13.8 Å². The second-order valence-corrected chi connectivity index (χ2v) is 8.29. The molecule has 1 unspecified atom stereocenters. The van der Waals surface area contributed by atoms with Crippen LogP contribution in [0.15, 0.2) is 0 Å². The van der Waals surface area contributed by atoms with Crippen molar-refractivity contribution in [1.82, 2.24) is 0 Å². The van der Waals surface area contributed by atoms with E-state index in [1.807, 2.05) is 0 Å². The molecule has 1 atom stereocenters. The third kappa shape index (κ3) is 29.0. The molecule has 25 heavy (non-hydrogen) atoms. The summed E-state index contributed by atoms with van der Waals surface area (Å²) in [6, 6.07) is 0. The normalized spacial score (nSPS) is 12.4. The number of hydrogen-bond donors (Lipinski definition) is 2. The number of rotatable bonds is 16. The second kappa shape index (κ2) is 22.0. The molecule has 0 saturated carbocycles. The molecule has 154 valence electrons. The number of aliphatic hydroxyl groups excluding tert-OH is 2. The molecule has 0 amide bonds. The molecule has 2 heteroatoms. The van der Waals surface area contributed by atoms with Gasteiger partial charge in [0.2, 0.25) is 0 Å². The Balaban J connectivity index is 0. The maximum Gasteiger partial charge on any atom is 0.0563 e. The van der Waals surface area contributed by atoms with Crippen LogP contribution in [0.25, 0.3) is 0 Å². The lowest BCUT2D eigenvalue weighted by molar-refractivity contribution is 0.113. The van der Waals surface area contributed by atoms with Gasteiger partial charge in [-0.05, 0) is 26.2 Å². The van der Waals surface area contributed by atoms with E-state index in [9.17, 15) is 5.11 Å². The highest BCUT2D eigenvalue weighted by molar-refractivity contribution is 4.59. The first kappa shape index (κ1) is 27.1. The summed E-state index contributed by atoms with van der Waals surface area (Å²) in [5.74, 6) is 0.423. The minimum absolute atomic E-state index is 0.0812. The van der Waals surface area contributed by atoms with Crippen LogP contribution in [0.1, 0.15) is 131 Å². The van der Waals surface area contributed by atoms with Crippen LogP contribution < -0.4 is 0 Å². The Bertz CT molecular complexity index is 223. The molecule has 0 aromatic heterocycles. The molecule has 0 radical (unpaired) electrons. The molecule has 2 nitrogen and oxygen atoms in total. The summed E-state index contributed by atoms with van der Waals surface area (Å²) < 4.78 is 0. The van der Waals surface area contributed by atoms with Crippen LogP contribution in [-0.4, -0.2) is 22.4 Å². The van der Waals surface area contributed by atoms with Gasteiger partial charge in [0.25, 0.3) is 0 Å². The maximum atomic E-state index is 9.72. The molecular weight excluding hydrogens is 308 g/mol. The fraction of sp³-hybridized carbons (Fsp3) is 1.00. The molecule has 0 aliphatic carbocycles. The minimum atomic E-state index is -0.167. The van der Waals surface area contributed by atoms with Gasteiger partial charge >= 0.3 is 0 Å². The molecule has 0 saturated heterocycles. The van der Waals surface area contributed by atoms with E-state index in [-0.39, 0.29) is 12.2 Å². The van der Waals surface area contributed by atoms with Gasteiger partial charge in [0, 0.05) is 6.10 Å². The van der Waals surface area contributed by atoms with Crippen molar-refractivity contribution in [2.45, 2.75) is 143 Å². The first-order valence-corrected chi connectivity index (χ1v) is 11.3. The largest absolute Gasteiger partial charge is 0.394 e. The Labute approximate surface area is 159 Å². The SMILES string of the molecule is CC(C)O.CCCCCCCCCCCCCCCCC(O)C(C)C. The second-order valence-electron chi connectivity index (χ2n) is 8.29.